The number of benzene rings is 2. The van der Waals surface area contributed by atoms with E-state index in [9.17, 15) is 22.8 Å². The van der Waals surface area contributed by atoms with Crippen LogP contribution in [0.15, 0.2) is 59.2 Å². The van der Waals surface area contributed by atoms with Crippen molar-refractivity contribution in [3.05, 3.63) is 66.1 Å². The second-order valence-corrected chi connectivity index (χ2v) is 6.69. The quantitative estimate of drug-likeness (QED) is 0.451. The van der Waals surface area contributed by atoms with E-state index < -0.39 is 30.1 Å². The van der Waals surface area contributed by atoms with Gasteiger partial charge in [0.2, 0.25) is 5.91 Å². The van der Waals surface area contributed by atoms with Crippen LogP contribution in [-0.2, 0) is 11.0 Å². The van der Waals surface area contributed by atoms with Gasteiger partial charge in [-0.05, 0) is 30.3 Å². The van der Waals surface area contributed by atoms with Crippen molar-refractivity contribution in [1.82, 2.24) is 0 Å². The molecule has 0 atom stereocenters. The van der Waals surface area contributed by atoms with Gasteiger partial charge in [-0.1, -0.05) is 0 Å². The Bertz CT molecular complexity index is 1110. The van der Waals surface area contributed by atoms with Crippen LogP contribution in [0.1, 0.15) is 16.1 Å². The monoisotopic (exact) mass is 463 g/mol. The van der Waals surface area contributed by atoms with E-state index in [2.05, 4.69) is 16.0 Å². The van der Waals surface area contributed by atoms with Crippen molar-refractivity contribution in [3.8, 4) is 11.5 Å². The van der Waals surface area contributed by atoms with Crippen LogP contribution in [0.5, 0.6) is 11.5 Å². The highest BCUT2D eigenvalue weighted by atomic mass is 19.4. The maximum atomic E-state index is 13.6. The van der Waals surface area contributed by atoms with Crippen LogP contribution < -0.4 is 25.4 Å². The van der Waals surface area contributed by atoms with E-state index in [-0.39, 0.29) is 17.1 Å². The second kappa shape index (κ2) is 9.98. The second-order valence-electron chi connectivity index (χ2n) is 6.69. The van der Waals surface area contributed by atoms with Crippen molar-refractivity contribution < 1.29 is 36.7 Å². The molecule has 2 amide bonds. The fourth-order valence-corrected chi connectivity index (χ4v) is 2.87. The lowest BCUT2D eigenvalue weighted by Crippen LogP contribution is -2.23. The number of alkyl halides is 3. The van der Waals surface area contributed by atoms with Crippen molar-refractivity contribution in [2.75, 3.05) is 36.7 Å². The number of ether oxygens (including phenoxy) is 2. The molecule has 1 heterocycles. The first-order valence-corrected chi connectivity index (χ1v) is 9.52. The molecule has 0 fully saturated rings. The molecule has 0 spiro atoms. The van der Waals surface area contributed by atoms with Crippen molar-refractivity contribution >= 4 is 28.9 Å². The number of halogens is 3. The predicted octanol–water partition coefficient (Wildman–Crippen LogP) is 4.62. The van der Waals surface area contributed by atoms with Gasteiger partial charge in [0.05, 0.1) is 32.6 Å². The van der Waals surface area contributed by atoms with E-state index in [1.54, 1.807) is 6.07 Å². The van der Waals surface area contributed by atoms with E-state index in [0.717, 1.165) is 12.1 Å². The third-order valence-electron chi connectivity index (χ3n) is 4.40. The Morgan fingerprint density at radius 3 is 2.21 bits per heavy atom. The third kappa shape index (κ3) is 6.19. The highest BCUT2D eigenvalue weighted by molar-refractivity contribution is 6.02. The number of nitrogens with one attached hydrogen (secondary N) is 3. The molecule has 0 radical (unpaired) electrons. The summed E-state index contributed by atoms with van der Waals surface area (Å²) in [6.07, 6.45) is -3.46. The largest absolute Gasteiger partial charge is 0.497 e. The number of hydrogen-bond donors (Lipinski definition) is 3. The zero-order valence-electron chi connectivity index (χ0n) is 17.6. The number of rotatable bonds is 8. The summed E-state index contributed by atoms with van der Waals surface area (Å²) in [7, 11) is 2.89. The Balaban J connectivity index is 1.71. The Morgan fingerprint density at radius 2 is 1.64 bits per heavy atom. The van der Waals surface area contributed by atoms with Crippen LogP contribution in [0.4, 0.5) is 30.2 Å². The van der Waals surface area contributed by atoms with Crippen molar-refractivity contribution in [2.24, 2.45) is 0 Å². The normalized spacial score (nSPS) is 10.9. The maximum absolute atomic E-state index is 13.6. The molecule has 33 heavy (non-hydrogen) atoms. The van der Waals surface area contributed by atoms with E-state index in [4.69, 9.17) is 13.9 Å². The number of carbonyl (C=O) groups excluding carboxylic acids is 2. The molecule has 0 aliphatic rings. The number of amides is 2. The predicted molar refractivity (Wildman–Crippen MR) is 115 cm³/mol. The van der Waals surface area contributed by atoms with Crippen LogP contribution >= 0.6 is 0 Å². The molecule has 0 aliphatic carbocycles. The van der Waals surface area contributed by atoms with Gasteiger partial charge in [-0.2, -0.15) is 13.2 Å². The highest BCUT2D eigenvalue weighted by Crippen LogP contribution is 2.36. The van der Waals surface area contributed by atoms with Gasteiger partial charge in [0.1, 0.15) is 11.5 Å². The van der Waals surface area contributed by atoms with Crippen LogP contribution in [0.25, 0.3) is 0 Å². The SMILES string of the molecule is COc1cc(NC(=O)CNc2ccc(NC(=O)c3ccco3)cc2C(F)(F)F)cc(OC)c1. The minimum absolute atomic E-state index is 0.0448. The van der Waals surface area contributed by atoms with Crippen molar-refractivity contribution in [2.45, 2.75) is 6.18 Å². The Labute approximate surface area is 186 Å². The lowest BCUT2D eigenvalue weighted by Gasteiger charge is -2.16. The van der Waals surface area contributed by atoms with Crippen LogP contribution in [0.3, 0.4) is 0 Å². The molecule has 3 N–H and O–H groups in total. The molecule has 0 bridgehead atoms. The number of hydrogen-bond acceptors (Lipinski definition) is 6. The summed E-state index contributed by atoms with van der Waals surface area (Å²) >= 11 is 0. The summed E-state index contributed by atoms with van der Waals surface area (Å²) in [4.78, 5) is 24.3. The standard InChI is InChI=1S/C22H20F3N3O5/c1-31-15-8-14(9-16(11-15)32-2)27-20(29)12-26-18-6-5-13(10-17(18)22(23,24)25)28-21(30)19-4-3-7-33-19/h3-11,26H,12H2,1-2H3,(H,27,29)(H,28,30). The maximum Gasteiger partial charge on any atom is 0.418 e. The fourth-order valence-electron chi connectivity index (χ4n) is 2.87. The lowest BCUT2D eigenvalue weighted by atomic mass is 10.1. The van der Waals surface area contributed by atoms with Gasteiger partial charge in [-0.15, -0.1) is 0 Å². The molecule has 0 aliphatic heterocycles. The van der Waals surface area contributed by atoms with Gasteiger partial charge in [-0.25, -0.2) is 0 Å². The van der Waals surface area contributed by atoms with Crippen LogP contribution in [0, 0.1) is 0 Å². The van der Waals surface area contributed by atoms with Crippen LogP contribution in [0.2, 0.25) is 0 Å². The number of carbonyl (C=O) groups is 2. The van der Waals surface area contributed by atoms with E-state index in [1.807, 2.05) is 0 Å². The first-order chi connectivity index (χ1) is 15.7. The first-order valence-electron chi connectivity index (χ1n) is 9.52. The molecule has 3 aromatic rings. The summed E-state index contributed by atoms with van der Waals surface area (Å²) in [6, 6.07) is 10.7. The summed E-state index contributed by atoms with van der Waals surface area (Å²) in [6.45, 7) is -0.444. The first kappa shape index (κ1) is 23.5. The minimum atomic E-state index is -4.73. The molecular formula is C22H20F3N3O5. The van der Waals surface area contributed by atoms with Gasteiger partial charge in [0.25, 0.3) is 5.91 Å². The number of methoxy groups -OCH3 is 2. The Morgan fingerprint density at radius 1 is 0.939 bits per heavy atom. The van der Waals surface area contributed by atoms with Crippen LogP contribution in [-0.4, -0.2) is 32.6 Å². The lowest BCUT2D eigenvalue weighted by molar-refractivity contribution is -0.137. The summed E-state index contributed by atoms with van der Waals surface area (Å²) in [5, 5.41) is 7.38. The summed E-state index contributed by atoms with van der Waals surface area (Å²) < 4.78 is 55.9. The Kier molecular flexibility index (Phi) is 7.11. The molecule has 0 saturated heterocycles. The van der Waals surface area contributed by atoms with E-state index in [0.29, 0.717) is 17.2 Å². The summed E-state index contributed by atoms with van der Waals surface area (Å²) in [5.74, 6) is -0.458. The molecule has 174 valence electrons. The highest BCUT2D eigenvalue weighted by Gasteiger charge is 2.34. The average molecular weight is 463 g/mol. The zero-order valence-corrected chi connectivity index (χ0v) is 17.6. The average Bonchev–Trinajstić information content (AvgIpc) is 3.32. The molecule has 0 saturated carbocycles. The topological polar surface area (TPSA) is 102 Å². The molecule has 8 nitrogen and oxygen atoms in total. The number of anilines is 3. The van der Waals surface area contributed by atoms with Crippen molar-refractivity contribution in [1.29, 1.82) is 0 Å². The molecule has 11 heteroatoms. The molecule has 1 aromatic heterocycles. The van der Waals surface area contributed by atoms with E-state index >= 15 is 0 Å². The third-order valence-corrected chi connectivity index (χ3v) is 4.40. The van der Waals surface area contributed by atoms with Gasteiger partial charge < -0.3 is 29.8 Å². The smallest absolute Gasteiger partial charge is 0.418 e. The summed E-state index contributed by atoms with van der Waals surface area (Å²) in [5.41, 5.74) is -1.10. The van der Waals surface area contributed by atoms with Gasteiger partial charge in [-0.3, -0.25) is 9.59 Å². The van der Waals surface area contributed by atoms with Gasteiger partial charge in [0, 0.05) is 35.3 Å². The van der Waals surface area contributed by atoms with Crippen molar-refractivity contribution in [3.63, 3.8) is 0 Å². The molecule has 2 aromatic carbocycles. The zero-order chi connectivity index (χ0) is 24.0. The molecular weight excluding hydrogens is 443 g/mol. The Hall–Kier alpha value is -4.15. The van der Waals surface area contributed by atoms with Gasteiger partial charge >= 0.3 is 6.18 Å². The number of furan rings is 1. The molecule has 0 unspecified atom stereocenters. The van der Waals surface area contributed by atoms with Gasteiger partial charge in [0.15, 0.2) is 5.76 Å². The van der Waals surface area contributed by atoms with E-state index in [1.165, 1.54) is 50.8 Å². The minimum Gasteiger partial charge on any atom is -0.497 e. The fraction of sp³-hybridized carbons (Fsp3) is 0.182. The molecule has 3 rings (SSSR count).